The molecule has 0 bridgehead atoms. The highest BCUT2D eigenvalue weighted by molar-refractivity contribution is 7.80. The number of hydrogen-bond acceptors (Lipinski definition) is 4. The maximum Gasteiger partial charge on any atom is 0.186 e. The van der Waals surface area contributed by atoms with Crippen LogP contribution in [-0.2, 0) is 6.42 Å². The molecule has 136 valence electrons. The Morgan fingerprint density at radius 1 is 1.04 bits per heavy atom. The minimum atomic E-state index is 0.471. The number of nitrogens with one attached hydrogen (secondary N) is 2. The Balaban J connectivity index is 1.54. The first-order valence-electron chi connectivity index (χ1n) is 8.72. The third-order valence-corrected chi connectivity index (χ3v) is 4.31. The first kappa shape index (κ1) is 18.7. The molecule has 0 atom stereocenters. The molecule has 0 spiro atoms. The van der Waals surface area contributed by atoms with Gasteiger partial charge in [0.2, 0.25) is 0 Å². The quantitative estimate of drug-likeness (QED) is 0.392. The van der Waals surface area contributed by atoms with Gasteiger partial charge >= 0.3 is 0 Å². The molecular formula is C21H21N5S. The highest BCUT2D eigenvalue weighted by Gasteiger charge is 2.05. The Kier molecular flexibility index (Phi) is 6.60. The molecule has 2 N–H and O–H groups in total. The lowest BCUT2D eigenvalue weighted by Crippen LogP contribution is -2.33. The van der Waals surface area contributed by atoms with E-state index in [1.54, 1.807) is 18.6 Å². The number of hydrazone groups is 1. The molecule has 0 saturated carbocycles. The Hall–Kier alpha value is -3.12. The summed E-state index contributed by atoms with van der Waals surface area (Å²) in [6.07, 6.45) is 6.07. The van der Waals surface area contributed by atoms with Crippen molar-refractivity contribution in [2.45, 2.75) is 13.3 Å². The van der Waals surface area contributed by atoms with E-state index in [1.807, 2.05) is 49.4 Å². The zero-order valence-corrected chi connectivity index (χ0v) is 15.9. The molecule has 3 rings (SSSR count). The average Bonchev–Trinajstić information content (AvgIpc) is 2.71. The lowest BCUT2D eigenvalue weighted by atomic mass is 10.0. The molecule has 2 aromatic heterocycles. The normalized spacial score (nSPS) is 10.7. The maximum atomic E-state index is 5.24. The van der Waals surface area contributed by atoms with E-state index in [0.29, 0.717) is 11.7 Å². The molecule has 6 heteroatoms. The molecule has 0 radical (unpaired) electrons. The van der Waals surface area contributed by atoms with Crippen LogP contribution in [0.5, 0.6) is 0 Å². The number of aromatic nitrogens is 2. The fourth-order valence-electron chi connectivity index (χ4n) is 2.65. The van der Waals surface area contributed by atoms with Gasteiger partial charge in [-0.25, -0.2) is 0 Å². The maximum absolute atomic E-state index is 5.24. The van der Waals surface area contributed by atoms with Gasteiger partial charge in [0.15, 0.2) is 5.11 Å². The standard InChI is InChI=1S/C21H21N5S/c1-16-19(17-7-3-2-4-8-17)11-14-23-20(16)15-25-26-21(27)24-13-10-18-9-5-6-12-22-18/h2-9,11-12,14-15H,10,13H2,1H3,(H2,24,26,27)/b25-15+. The molecule has 5 nitrogen and oxygen atoms in total. The molecule has 0 amide bonds. The van der Waals surface area contributed by atoms with Gasteiger partial charge in [-0.05, 0) is 54.0 Å². The van der Waals surface area contributed by atoms with Crippen LogP contribution in [0.2, 0.25) is 0 Å². The minimum absolute atomic E-state index is 0.471. The van der Waals surface area contributed by atoms with Crippen molar-refractivity contribution in [2.75, 3.05) is 6.54 Å². The molecule has 2 heterocycles. The van der Waals surface area contributed by atoms with E-state index in [1.165, 1.54) is 0 Å². The van der Waals surface area contributed by atoms with E-state index in [9.17, 15) is 0 Å². The molecule has 0 aliphatic heterocycles. The van der Waals surface area contributed by atoms with Crippen molar-refractivity contribution in [1.29, 1.82) is 0 Å². The molecule has 0 unspecified atom stereocenters. The van der Waals surface area contributed by atoms with E-state index >= 15 is 0 Å². The second-order valence-corrected chi connectivity index (χ2v) is 6.34. The van der Waals surface area contributed by atoms with Crippen molar-refractivity contribution in [2.24, 2.45) is 5.10 Å². The zero-order chi connectivity index (χ0) is 18.9. The molecule has 0 aliphatic carbocycles. The summed E-state index contributed by atoms with van der Waals surface area (Å²) in [4.78, 5) is 8.68. The fourth-order valence-corrected chi connectivity index (χ4v) is 2.81. The molecule has 3 aromatic rings. The van der Waals surface area contributed by atoms with Gasteiger partial charge in [-0.15, -0.1) is 0 Å². The SMILES string of the molecule is Cc1c(-c2ccccc2)ccnc1/C=N/NC(=S)NCCc1ccccn1. The van der Waals surface area contributed by atoms with Crippen molar-refractivity contribution in [1.82, 2.24) is 20.7 Å². The van der Waals surface area contributed by atoms with Crippen molar-refractivity contribution >= 4 is 23.5 Å². The van der Waals surface area contributed by atoms with Gasteiger partial charge in [0.1, 0.15) is 0 Å². The van der Waals surface area contributed by atoms with Crippen LogP contribution >= 0.6 is 12.2 Å². The lowest BCUT2D eigenvalue weighted by Gasteiger charge is -2.08. The third-order valence-electron chi connectivity index (χ3n) is 4.07. The largest absolute Gasteiger partial charge is 0.361 e. The predicted octanol–water partition coefficient (Wildman–Crippen LogP) is 3.49. The summed E-state index contributed by atoms with van der Waals surface area (Å²) in [5, 5.41) is 7.79. The summed E-state index contributed by atoms with van der Waals surface area (Å²) in [7, 11) is 0. The van der Waals surface area contributed by atoms with Crippen LogP contribution < -0.4 is 10.7 Å². The Morgan fingerprint density at radius 2 is 1.85 bits per heavy atom. The minimum Gasteiger partial charge on any atom is -0.361 e. The second-order valence-electron chi connectivity index (χ2n) is 5.93. The molecule has 0 aliphatic rings. The van der Waals surface area contributed by atoms with Gasteiger partial charge in [0.25, 0.3) is 0 Å². The number of pyridine rings is 2. The van der Waals surface area contributed by atoms with E-state index in [4.69, 9.17) is 12.2 Å². The summed E-state index contributed by atoms with van der Waals surface area (Å²) in [6, 6.07) is 18.1. The van der Waals surface area contributed by atoms with Gasteiger partial charge in [-0.1, -0.05) is 36.4 Å². The van der Waals surface area contributed by atoms with Gasteiger partial charge in [0, 0.05) is 31.1 Å². The van der Waals surface area contributed by atoms with Crippen LogP contribution in [0.15, 0.2) is 72.1 Å². The summed E-state index contributed by atoms with van der Waals surface area (Å²) in [5.74, 6) is 0. The van der Waals surface area contributed by atoms with Crippen molar-refractivity contribution in [3.8, 4) is 11.1 Å². The zero-order valence-electron chi connectivity index (χ0n) is 15.1. The summed E-state index contributed by atoms with van der Waals surface area (Å²) in [5.41, 5.74) is 8.03. The number of benzene rings is 1. The molecule has 0 saturated heterocycles. The first-order chi connectivity index (χ1) is 13.2. The summed E-state index contributed by atoms with van der Waals surface area (Å²) < 4.78 is 0. The van der Waals surface area contributed by atoms with Crippen molar-refractivity contribution < 1.29 is 0 Å². The molecule has 0 fully saturated rings. The summed E-state index contributed by atoms with van der Waals surface area (Å²) in [6.45, 7) is 2.74. The lowest BCUT2D eigenvalue weighted by molar-refractivity contribution is 0.819. The number of thiocarbonyl (C=S) groups is 1. The van der Waals surface area contributed by atoms with Crippen LogP contribution in [0.4, 0.5) is 0 Å². The van der Waals surface area contributed by atoms with E-state index in [2.05, 4.69) is 37.9 Å². The number of hydrogen-bond donors (Lipinski definition) is 2. The highest BCUT2D eigenvalue weighted by Crippen LogP contribution is 2.23. The van der Waals surface area contributed by atoms with Gasteiger partial charge in [-0.3, -0.25) is 15.4 Å². The monoisotopic (exact) mass is 375 g/mol. The molecular weight excluding hydrogens is 354 g/mol. The van der Waals surface area contributed by atoms with Gasteiger partial charge in [-0.2, -0.15) is 5.10 Å². The van der Waals surface area contributed by atoms with Crippen LogP contribution in [-0.4, -0.2) is 27.8 Å². The molecule has 27 heavy (non-hydrogen) atoms. The van der Waals surface area contributed by atoms with E-state index in [0.717, 1.165) is 34.5 Å². The van der Waals surface area contributed by atoms with Crippen molar-refractivity contribution in [3.63, 3.8) is 0 Å². The summed E-state index contributed by atoms with van der Waals surface area (Å²) >= 11 is 5.24. The van der Waals surface area contributed by atoms with E-state index < -0.39 is 0 Å². The Labute approximate surface area is 164 Å². The van der Waals surface area contributed by atoms with Crippen LogP contribution in [0.1, 0.15) is 17.0 Å². The topological polar surface area (TPSA) is 62.2 Å². The fraction of sp³-hybridized carbons (Fsp3) is 0.143. The Morgan fingerprint density at radius 3 is 2.63 bits per heavy atom. The predicted molar refractivity (Wildman–Crippen MR) is 114 cm³/mol. The van der Waals surface area contributed by atoms with Gasteiger partial charge in [0.05, 0.1) is 11.9 Å². The smallest absolute Gasteiger partial charge is 0.186 e. The first-order valence-corrected chi connectivity index (χ1v) is 9.12. The van der Waals surface area contributed by atoms with E-state index in [-0.39, 0.29) is 0 Å². The van der Waals surface area contributed by atoms with Gasteiger partial charge < -0.3 is 5.32 Å². The number of nitrogens with zero attached hydrogens (tertiary/aromatic N) is 3. The van der Waals surface area contributed by atoms with Crippen LogP contribution in [0.25, 0.3) is 11.1 Å². The molecule has 1 aromatic carbocycles. The highest BCUT2D eigenvalue weighted by atomic mass is 32.1. The third kappa shape index (κ3) is 5.43. The number of rotatable bonds is 6. The van der Waals surface area contributed by atoms with Crippen molar-refractivity contribution in [3.05, 3.63) is 83.9 Å². The Bertz CT molecular complexity index is 910. The van der Waals surface area contributed by atoms with Crippen LogP contribution in [0, 0.1) is 6.92 Å². The average molecular weight is 376 g/mol. The second kappa shape index (κ2) is 9.54. The van der Waals surface area contributed by atoms with Crippen LogP contribution in [0.3, 0.4) is 0 Å².